The number of halogens is 1. The Balaban J connectivity index is 2.21. The zero-order valence-electron chi connectivity index (χ0n) is 12.4. The highest BCUT2D eigenvalue weighted by Crippen LogP contribution is 2.38. The molecule has 0 aliphatic heterocycles. The summed E-state index contributed by atoms with van der Waals surface area (Å²) in [7, 11) is 1.89. The minimum atomic E-state index is 0.0591. The number of thiophene rings is 1. The molecule has 0 saturated heterocycles. The van der Waals surface area contributed by atoms with Crippen molar-refractivity contribution in [2.24, 2.45) is 0 Å². The number of anilines is 1. The van der Waals surface area contributed by atoms with Crippen molar-refractivity contribution in [2.45, 2.75) is 6.92 Å². The number of benzene rings is 1. The third kappa shape index (κ3) is 2.79. The summed E-state index contributed by atoms with van der Waals surface area (Å²) in [6.07, 6.45) is 0. The second-order valence-electron chi connectivity index (χ2n) is 5.16. The lowest BCUT2D eigenvalue weighted by Crippen LogP contribution is -2.22. The standard InChI is InChI=1S/C16H16ClN3OS/c1-10-3-5-11(6-4-10)12-9-22-15-13(12)14(18-16(17)19-15)20(2)7-8-21/h3-6,9,21H,7-8H2,1-2H3. The van der Waals surface area contributed by atoms with Crippen molar-refractivity contribution in [3.05, 3.63) is 40.5 Å². The predicted molar refractivity (Wildman–Crippen MR) is 93.0 cm³/mol. The molecule has 0 spiro atoms. The number of likely N-dealkylation sites (N-methyl/N-ethyl adjacent to an activating group) is 1. The fraction of sp³-hybridized carbons (Fsp3) is 0.250. The summed E-state index contributed by atoms with van der Waals surface area (Å²) in [5, 5.41) is 12.5. The van der Waals surface area contributed by atoms with Gasteiger partial charge in [-0.25, -0.2) is 4.98 Å². The van der Waals surface area contributed by atoms with E-state index in [2.05, 4.69) is 46.5 Å². The molecule has 1 N–H and O–H groups in total. The molecule has 0 amide bonds. The summed E-state index contributed by atoms with van der Waals surface area (Å²) < 4.78 is 0. The van der Waals surface area contributed by atoms with Gasteiger partial charge in [0, 0.05) is 24.5 Å². The summed E-state index contributed by atoms with van der Waals surface area (Å²) in [5.74, 6) is 0.751. The van der Waals surface area contributed by atoms with E-state index in [1.54, 1.807) is 11.3 Å². The van der Waals surface area contributed by atoms with Crippen LogP contribution in [-0.4, -0.2) is 35.3 Å². The average molecular weight is 334 g/mol. The van der Waals surface area contributed by atoms with Crippen LogP contribution in [0.2, 0.25) is 5.28 Å². The Kier molecular flexibility index (Phi) is 4.29. The molecule has 0 fully saturated rings. The molecule has 4 nitrogen and oxygen atoms in total. The molecule has 0 atom stereocenters. The Morgan fingerprint density at radius 3 is 2.64 bits per heavy atom. The highest BCUT2D eigenvalue weighted by molar-refractivity contribution is 7.17. The molecule has 0 radical (unpaired) electrons. The van der Waals surface area contributed by atoms with E-state index < -0.39 is 0 Å². The van der Waals surface area contributed by atoms with E-state index in [1.165, 1.54) is 5.56 Å². The molecule has 0 unspecified atom stereocenters. The van der Waals surface area contributed by atoms with Gasteiger partial charge in [-0.15, -0.1) is 11.3 Å². The number of rotatable bonds is 4. The third-order valence-electron chi connectivity index (χ3n) is 3.55. The van der Waals surface area contributed by atoms with Gasteiger partial charge in [-0.2, -0.15) is 4.98 Å². The molecule has 0 aliphatic carbocycles. The van der Waals surface area contributed by atoms with Gasteiger partial charge in [0.2, 0.25) is 5.28 Å². The molecule has 0 aliphatic rings. The van der Waals surface area contributed by atoms with Crippen molar-refractivity contribution in [2.75, 3.05) is 25.1 Å². The first-order chi connectivity index (χ1) is 10.6. The van der Waals surface area contributed by atoms with E-state index in [1.807, 2.05) is 11.9 Å². The fourth-order valence-corrected chi connectivity index (χ4v) is 3.53. The molecule has 6 heteroatoms. The lowest BCUT2D eigenvalue weighted by molar-refractivity contribution is 0.304. The van der Waals surface area contributed by atoms with Crippen LogP contribution in [-0.2, 0) is 0 Å². The largest absolute Gasteiger partial charge is 0.395 e. The second-order valence-corrected chi connectivity index (χ2v) is 6.35. The monoisotopic (exact) mass is 333 g/mol. The van der Waals surface area contributed by atoms with Gasteiger partial charge in [-0.3, -0.25) is 0 Å². The quantitative estimate of drug-likeness (QED) is 0.739. The lowest BCUT2D eigenvalue weighted by Gasteiger charge is -2.18. The molecule has 0 saturated carbocycles. The van der Waals surface area contributed by atoms with Crippen molar-refractivity contribution in [1.29, 1.82) is 0 Å². The maximum Gasteiger partial charge on any atom is 0.225 e. The van der Waals surface area contributed by atoms with E-state index >= 15 is 0 Å². The van der Waals surface area contributed by atoms with Gasteiger partial charge in [-0.05, 0) is 24.1 Å². The molecule has 3 aromatic rings. The van der Waals surface area contributed by atoms with Crippen LogP contribution in [0, 0.1) is 6.92 Å². The van der Waals surface area contributed by atoms with Crippen LogP contribution in [0.4, 0.5) is 5.82 Å². The Morgan fingerprint density at radius 2 is 1.95 bits per heavy atom. The molecule has 3 rings (SSSR count). The molecular formula is C16H16ClN3OS. The van der Waals surface area contributed by atoms with E-state index in [-0.39, 0.29) is 11.9 Å². The highest BCUT2D eigenvalue weighted by atomic mass is 35.5. The van der Waals surface area contributed by atoms with Crippen LogP contribution in [0.1, 0.15) is 5.56 Å². The number of aromatic nitrogens is 2. The summed E-state index contributed by atoms with van der Waals surface area (Å²) in [6, 6.07) is 8.38. The number of aliphatic hydroxyl groups excluding tert-OH is 1. The molecule has 2 aromatic heterocycles. The van der Waals surface area contributed by atoms with E-state index in [0.717, 1.165) is 27.2 Å². The number of fused-ring (bicyclic) bond motifs is 1. The zero-order chi connectivity index (χ0) is 15.7. The number of hydrogen-bond donors (Lipinski definition) is 1. The smallest absolute Gasteiger partial charge is 0.225 e. The van der Waals surface area contributed by atoms with E-state index in [0.29, 0.717) is 6.54 Å². The number of aliphatic hydroxyl groups is 1. The molecule has 0 bridgehead atoms. The minimum Gasteiger partial charge on any atom is -0.395 e. The predicted octanol–water partition coefficient (Wildman–Crippen LogP) is 3.75. The SMILES string of the molecule is Cc1ccc(-c2csc3nc(Cl)nc(N(C)CCO)c23)cc1. The van der Waals surface area contributed by atoms with Gasteiger partial charge in [-0.1, -0.05) is 29.8 Å². The Hall–Kier alpha value is -1.69. The van der Waals surface area contributed by atoms with E-state index in [9.17, 15) is 5.11 Å². The third-order valence-corrected chi connectivity index (χ3v) is 4.59. The van der Waals surface area contributed by atoms with Crippen LogP contribution in [0.5, 0.6) is 0 Å². The summed E-state index contributed by atoms with van der Waals surface area (Å²) in [4.78, 5) is 11.5. The van der Waals surface area contributed by atoms with Crippen molar-refractivity contribution in [3.63, 3.8) is 0 Å². The van der Waals surface area contributed by atoms with Gasteiger partial charge < -0.3 is 10.0 Å². The van der Waals surface area contributed by atoms with Crippen molar-refractivity contribution in [1.82, 2.24) is 9.97 Å². The van der Waals surface area contributed by atoms with Crippen molar-refractivity contribution < 1.29 is 5.11 Å². The first-order valence-electron chi connectivity index (χ1n) is 6.94. The Labute approximate surface area is 138 Å². The first-order valence-corrected chi connectivity index (χ1v) is 8.19. The van der Waals surface area contributed by atoms with Crippen molar-refractivity contribution >= 4 is 39.0 Å². The van der Waals surface area contributed by atoms with E-state index in [4.69, 9.17) is 11.6 Å². The molecule has 2 heterocycles. The van der Waals surface area contributed by atoms with Crippen LogP contribution in [0.15, 0.2) is 29.6 Å². The van der Waals surface area contributed by atoms with Gasteiger partial charge in [0.15, 0.2) is 0 Å². The topological polar surface area (TPSA) is 49.2 Å². The average Bonchev–Trinajstić information content (AvgIpc) is 2.91. The molecule has 1 aromatic carbocycles. The molecular weight excluding hydrogens is 318 g/mol. The van der Waals surface area contributed by atoms with Gasteiger partial charge in [0.25, 0.3) is 0 Å². The summed E-state index contributed by atoms with van der Waals surface area (Å²) >= 11 is 7.59. The first kappa shape index (κ1) is 15.2. The maximum atomic E-state index is 9.19. The van der Waals surface area contributed by atoms with Crippen LogP contribution in [0.25, 0.3) is 21.3 Å². The Morgan fingerprint density at radius 1 is 1.23 bits per heavy atom. The molecule has 22 heavy (non-hydrogen) atoms. The Bertz CT molecular complexity index is 801. The highest BCUT2D eigenvalue weighted by Gasteiger charge is 2.17. The van der Waals surface area contributed by atoms with Crippen molar-refractivity contribution in [3.8, 4) is 11.1 Å². The molecule has 114 valence electrons. The van der Waals surface area contributed by atoms with Gasteiger partial charge in [0.05, 0.1) is 12.0 Å². The summed E-state index contributed by atoms with van der Waals surface area (Å²) in [5.41, 5.74) is 3.44. The summed E-state index contributed by atoms with van der Waals surface area (Å²) in [6.45, 7) is 2.62. The normalized spacial score (nSPS) is 11.1. The number of hydrogen-bond acceptors (Lipinski definition) is 5. The number of aryl methyl sites for hydroxylation is 1. The fourth-order valence-electron chi connectivity index (χ4n) is 2.38. The van der Waals surface area contributed by atoms with Crippen LogP contribution < -0.4 is 4.90 Å². The zero-order valence-corrected chi connectivity index (χ0v) is 13.9. The minimum absolute atomic E-state index is 0.0591. The second kappa shape index (κ2) is 6.20. The van der Waals surface area contributed by atoms with Gasteiger partial charge >= 0.3 is 0 Å². The number of nitrogens with zero attached hydrogens (tertiary/aromatic N) is 3. The van der Waals surface area contributed by atoms with Crippen LogP contribution >= 0.6 is 22.9 Å². The lowest BCUT2D eigenvalue weighted by atomic mass is 10.0. The van der Waals surface area contributed by atoms with Crippen LogP contribution in [0.3, 0.4) is 0 Å². The maximum absolute atomic E-state index is 9.19. The van der Waals surface area contributed by atoms with Gasteiger partial charge in [0.1, 0.15) is 10.6 Å².